The molecule has 1 aliphatic heterocycles. The molecular weight excluding hydrogens is 238 g/mol. The number of ether oxygens (including phenoxy) is 1. The Hall–Kier alpha value is -0.690. The van der Waals surface area contributed by atoms with Crippen LogP contribution in [0.2, 0.25) is 0 Å². The molecule has 106 valence electrons. The maximum Gasteiger partial charge on any atom is 0.367 e. The van der Waals surface area contributed by atoms with Crippen molar-refractivity contribution >= 4 is 5.97 Å². The van der Waals surface area contributed by atoms with Crippen LogP contribution in [0.25, 0.3) is 0 Å². The number of hydroxylamine groups is 2. The summed E-state index contributed by atoms with van der Waals surface area (Å²) in [5, 5.41) is 11.5. The van der Waals surface area contributed by atoms with E-state index in [4.69, 9.17) is 4.74 Å². The number of rotatable bonds is 4. The van der Waals surface area contributed by atoms with E-state index < -0.39 is 17.0 Å². The first-order valence-electron chi connectivity index (χ1n) is 6.03. The van der Waals surface area contributed by atoms with Gasteiger partial charge < -0.3 is 9.94 Å². The molecule has 0 saturated carbocycles. The summed E-state index contributed by atoms with van der Waals surface area (Å²) in [6.45, 7) is 7.63. The SMILES string of the molecule is COOC(=O)COC1CC(C)(C)N(O)C(C)(C)C1. The van der Waals surface area contributed by atoms with E-state index in [1.807, 2.05) is 27.7 Å². The molecule has 6 heteroatoms. The van der Waals surface area contributed by atoms with Crippen molar-refractivity contribution in [1.82, 2.24) is 5.06 Å². The predicted molar refractivity (Wildman–Crippen MR) is 63.9 cm³/mol. The zero-order chi connectivity index (χ0) is 14.0. The zero-order valence-corrected chi connectivity index (χ0v) is 11.7. The molecule has 1 aliphatic rings. The van der Waals surface area contributed by atoms with Crippen LogP contribution in [0.1, 0.15) is 40.5 Å². The molecule has 1 heterocycles. The molecule has 0 unspecified atom stereocenters. The topological polar surface area (TPSA) is 68.2 Å². The van der Waals surface area contributed by atoms with Crippen molar-refractivity contribution in [1.29, 1.82) is 0 Å². The number of hydrogen-bond acceptors (Lipinski definition) is 6. The van der Waals surface area contributed by atoms with E-state index in [9.17, 15) is 10.0 Å². The van der Waals surface area contributed by atoms with Crippen molar-refractivity contribution in [3.63, 3.8) is 0 Å². The lowest BCUT2D eigenvalue weighted by Gasteiger charge is -2.51. The van der Waals surface area contributed by atoms with Gasteiger partial charge in [0.05, 0.1) is 13.2 Å². The number of hydrogen-bond donors (Lipinski definition) is 1. The monoisotopic (exact) mass is 261 g/mol. The standard InChI is InChI=1S/C12H23NO5/c1-11(2)6-9(7-12(3,4)13(11)15)17-8-10(14)18-16-5/h9,15H,6-8H2,1-5H3. The average Bonchev–Trinajstić information content (AvgIpc) is 2.23. The predicted octanol–water partition coefficient (Wildman–Crippen LogP) is 1.52. The fourth-order valence-electron chi connectivity index (χ4n) is 2.60. The van der Waals surface area contributed by atoms with Gasteiger partial charge in [-0.3, -0.25) is 4.89 Å². The van der Waals surface area contributed by atoms with E-state index in [2.05, 4.69) is 9.78 Å². The van der Waals surface area contributed by atoms with Gasteiger partial charge in [-0.05, 0) is 40.5 Å². The average molecular weight is 261 g/mol. The molecule has 1 N–H and O–H groups in total. The van der Waals surface area contributed by atoms with E-state index in [-0.39, 0.29) is 12.7 Å². The zero-order valence-electron chi connectivity index (χ0n) is 11.7. The minimum atomic E-state index is -0.556. The summed E-state index contributed by atoms with van der Waals surface area (Å²) < 4.78 is 5.52. The lowest BCUT2D eigenvalue weighted by Crippen LogP contribution is -2.60. The molecule has 1 saturated heterocycles. The summed E-state index contributed by atoms with van der Waals surface area (Å²) in [7, 11) is 1.27. The van der Waals surface area contributed by atoms with Gasteiger partial charge in [0.25, 0.3) is 0 Å². The first-order valence-corrected chi connectivity index (χ1v) is 6.03. The van der Waals surface area contributed by atoms with Gasteiger partial charge in [0, 0.05) is 11.1 Å². The molecule has 0 atom stereocenters. The molecule has 0 aromatic heterocycles. The Morgan fingerprint density at radius 1 is 1.28 bits per heavy atom. The van der Waals surface area contributed by atoms with Crippen molar-refractivity contribution in [2.75, 3.05) is 13.7 Å². The third-order valence-corrected chi connectivity index (χ3v) is 3.21. The third-order valence-electron chi connectivity index (χ3n) is 3.21. The maximum absolute atomic E-state index is 11.1. The molecule has 0 aromatic carbocycles. The molecule has 0 amide bonds. The minimum absolute atomic E-state index is 0.0946. The maximum atomic E-state index is 11.1. The van der Waals surface area contributed by atoms with Crippen molar-refractivity contribution in [3.8, 4) is 0 Å². The molecule has 0 aromatic rings. The number of piperidine rings is 1. The second-order valence-corrected chi connectivity index (χ2v) is 5.90. The van der Waals surface area contributed by atoms with E-state index in [1.54, 1.807) is 0 Å². The molecule has 0 spiro atoms. The highest BCUT2D eigenvalue weighted by molar-refractivity contribution is 5.69. The summed E-state index contributed by atoms with van der Waals surface area (Å²) >= 11 is 0. The van der Waals surface area contributed by atoms with Gasteiger partial charge in [0.2, 0.25) is 0 Å². The van der Waals surface area contributed by atoms with Gasteiger partial charge in [-0.15, -0.1) is 0 Å². The second-order valence-electron chi connectivity index (χ2n) is 5.90. The van der Waals surface area contributed by atoms with Gasteiger partial charge in [-0.1, -0.05) is 0 Å². The van der Waals surface area contributed by atoms with Crippen LogP contribution >= 0.6 is 0 Å². The van der Waals surface area contributed by atoms with Crippen LogP contribution in [0, 0.1) is 0 Å². The molecule has 1 rings (SSSR count). The highest BCUT2D eigenvalue weighted by Crippen LogP contribution is 2.37. The highest BCUT2D eigenvalue weighted by atomic mass is 17.2. The van der Waals surface area contributed by atoms with Gasteiger partial charge >= 0.3 is 5.97 Å². The number of carbonyl (C=O) groups is 1. The second kappa shape index (κ2) is 5.52. The molecule has 0 radical (unpaired) electrons. The fourth-order valence-corrected chi connectivity index (χ4v) is 2.60. The Bertz CT molecular complexity index is 285. The Balaban J connectivity index is 2.56. The van der Waals surface area contributed by atoms with Crippen molar-refractivity contribution in [3.05, 3.63) is 0 Å². The Kier molecular flexibility index (Phi) is 4.72. The van der Waals surface area contributed by atoms with Crippen molar-refractivity contribution in [2.45, 2.75) is 57.7 Å². The van der Waals surface area contributed by atoms with Gasteiger partial charge in [-0.25, -0.2) is 4.79 Å². The normalized spacial score (nSPS) is 23.9. The summed E-state index contributed by atoms with van der Waals surface area (Å²) in [6.07, 6.45) is 1.20. The third kappa shape index (κ3) is 3.65. The van der Waals surface area contributed by atoms with Crippen LogP contribution in [0.4, 0.5) is 0 Å². The van der Waals surface area contributed by atoms with Gasteiger partial charge in [0.15, 0.2) is 0 Å². The highest BCUT2D eigenvalue weighted by Gasteiger charge is 2.45. The minimum Gasteiger partial charge on any atom is -0.366 e. The molecule has 0 aliphatic carbocycles. The van der Waals surface area contributed by atoms with Crippen molar-refractivity contribution < 1.29 is 24.5 Å². The largest absolute Gasteiger partial charge is 0.367 e. The molecule has 18 heavy (non-hydrogen) atoms. The van der Waals surface area contributed by atoms with E-state index in [0.717, 1.165) is 0 Å². The fraction of sp³-hybridized carbons (Fsp3) is 0.917. The van der Waals surface area contributed by atoms with Crippen LogP contribution < -0.4 is 0 Å². The Morgan fingerprint density at radius 2 is 1.78 bits per heavy atom. The van der Waals surface area contributed by atoms with Crippen LogP contribution in [0.5, 0.6) is 0 Å². The smallest absolute Gasteiger partial charge is 0.366 e. The van der Waals surface area contributed by atoms with Crippen LogP contribution in [0.3, 0.4) is 0 Å². The molecule has 1 fully saturated rings. The number of nitrogens with zero attached hydrogens (tertiary/aromatic N) is 1. The molecule has 0 bridgehead atoms. The van der Waals surface area contributed by atoms with Crippen LogP contribution in [-0.2, 0) is 19.3 Å². The van der Waals surface area contributed by atoms with Crippen LogP contribution in [-0.4, -0.2) is 47.1 Å². The summed E-state index contributed by atoms with van der Waals surface area (Å²) in [4.78, 5) is 19.7. The summed E-state index contributed by atoms with van der Waals surface area (Å²) in [5.41, 5.74) is -0.783. The first kappa shape index (κ1) is 15.4. The lowest BCUT2D eigenvalue weighted by molar-refractivity contribution is -0.271. The quantitative estimate of drug-likeness (QED) is 0.611. The van der Waals surface area contributed by atoms with E-state index in [0.29, 0.717) is 12.8 Å². The van der Waals surface area contributed by atoms with E-state index >= 15 is 0 Å². The van der Waals surface area contributed by atoms with Crippen LogP contribution in [0.15, 0.2) is 0 Å². The molecule has 6 nitrogen and oxygen atoms in total. The van der Waals surface area contributed by atoms with Crippen molar-refractivity contribution in [2.24, 2.45) is 0 Å². The lowest BCUT2D eigenvalue weighted by atomic mass is 9.80. The summed E-state index contributed by atoms with van der Waals surface area (Å²) in [6, 6.07) is 0. The van der Waals surface area contributed by atoms with E-state index in [1.165, 1.54) is 12.2 Å². The van der Waals surface area contributed by atoms with Gasteiger partial charge in [-0.2, -0.15) is 9.95 Å². The summed E-state index contributed by atoms with van der Waals surface area (Å²) in [5.74, 6) is -0.556. The number of carbonyl (C=O) groups excluding carboxylic acids is 1. The molecular formula is C12H23NO5. The first-order chi connectivity index (χ1) is 8.19. The Morgan fingerprint density at radius 3 is 2.22 bits per heavy atom. The van der Waals surface area contributed by atoms with Gasteiger partial charge in [0.1, 0.15) is 6.61 Å². The Labute approximate surface area is 108 Å².